The third-order valence-corrected chi connectivity index (χ3v) is 15.6. The molecule has 7 rings (SSSR count). The molecule has 11 nitrogen and oxygen atoms in total. The van der Waals surface area contributed by atoms with Crippen molar-refractivity contribution in [2.75, 3.05) is 0 Å². The molecular formula is C43H57B9F2O11S. The molecule has 4 saturated carbocycles. The molecule has 0 heterocycles. The lowest BCUT2D eigenvalue weighted by atomic mass is 9.44. The minimum absolute atomic E-state index is 0.127. The number of rotatable bonds is 18. The zero-order valence-electron chi connectivity index (χ0n) is 40.1. The zero-order valence-corrected chi connectivity index (χ0v) is 41.0. The van der Waals surface area contributed by atoms with E-state index < -0.39 is 67.6 Å². The van der Waals surface area contributed by atoms with Gasteiger partial charge in [-0.3, -0.25) is 9.35 Å². The van der Waals surface area contributed by atoms with Crippen molar-refractivity contribution < 1.29 is 59.9 Å². The standard InChI is InChI=1S/C43H57B9F2O11S/c1-22(43(53,54)66(59,60)61)62-38(58)39-16-40(63-35(55)29-6-23(8-44)4-27(12-48)31(29)14-50)19-41(17-39,64-36(56)30-7-24(9-45)5-28(13-49)32(30)15-51)21-42(18-39,20-40)65-37(57)33-25(10-46)2-3-26(11-47)34(33)52/h2-7,22H,8-21,44-52H2,1H3,(H,59,60,61). The highest BCUT2D eigenvalue weighted by molar-refractivity contribution is 7.86. The molecule has 342 valence electrons. The minimum atomic E-state index is -6.05. The summed E-state index contributed by atoms with van der Waals surface area (Å²) in [4.78, 5) is 59.6. The van der Waals surface area contributed by atoms with E-state index in [9.17, 15) is 32.1 Å². The first-order valence-electron chi connectivity index (χ1n) is 23.6. The second-order valence-electron chi connectivity index (χ2n) is 18.9. The number of ether oxygens (including phenoxy) is 4. The Labute approximate surface area is 395 Å². The first kappa shape index (κ1) is 51.3. The van der Waals surface area contributed by atoms with E-state index >= 15 is 8.78 Å². The molecule has 23 heteroatoms. The number of hydrogen-bond donors (Lipinski definition) is 1. The fourth-order valence-electron chi connectivity index (χ4n) is 11.8. The topological polar surface area (TPSA) is 160 Å². The molecule has 66 heavy (non-hydrogen) atoms. The van der Waals surface area contributed by atoms with Crippen molar-refractivity contribution in [2.24, 2.45) is 5.41 Å². The van der Waals surface area contributed by atoms with Crippen molar-refractivity contribution in [2.45, 2.75) is 124 Å². The maximum absolute atomic E-state index is 15.2. The maximum atomic E-state index is 15.2. The molecule has 3 unspecified atom stereocenters. The van der Waals surface area contributed by atoms with Crippen LogP contribution in [0.25, 0.3) is 0 Å². The van der Waals surface area contributed by atoms with Crippen LogP contribution in [0, 0.1) is 5.41 Å². The Morgan fingerprint density at radius 3 is 1.38 bits per heavy atom. The van der Waals surface area contributed by atoms with E-state index in [1.165, 1.54) is 0 Å². The summed E-state index contributed by atoms with van der Waals surface area (Å²) in [6, 6.07) is 11.5. The van der Waals surface area contributed by atoms with Crippen molar-refractivity contribution in [3.05, 3.63) is 97.6 Å². The lowest BCUT2D eigenvalue weighted by Crippen LogP contribution is -2.73. The van der Waals surface area contributed by atoms with Gasteiger partial charge in [0.15, 0.2) is 6.10 Å². The van der Waals surface area contributed by atoms with Crippen molar-refractivity contribution in [1.82, 2.24) is 0 Å². The molecule has 0 spiro atoms. The summed E-state index contributed by atoms with van der Waals surface area (Å²) < 4.78 is 89.2. The fraction of sp³-hybridized carbons (Fsp3) is 0.488. The lowest BCUT2D eigenvalue weighted by Gasteiger charge is -2.66. The Hall–Kier alpha value is -4.11. The van der Waals surface area contributed by atoms with Crippen LogP contribution >= 0.6 is 0 Å². The van der Waals surface area contributed by atoms with Gasteiger partial charge >= 0.3 is 39.2 Å². The number of benzene rings is 3. The number of alkyl halides is 2. The summed E-state index contributed by atoms with van der Waals surface area (Å²) >= 11 is 0. The molecule has 3 aromatic rings. The second kappa shape index (κ2) is 19.1. The van der Waals surface area contributed by atoms with Crippen molar-refractivity contribution in [3.8, 4) is 0 Å². The van der Waals surface area contributed by atoms with Gasteiger partial charge in [-0.05, 0) is 35.7 Å². The second-order valence-corrected chi connectivity index (χ2v) is 20.4. The van der Waals surface area contributed by atoms with Crippen molar-refractivity contribution in [1.29, 1.82) is 0 Å². The molecule has 4 fully saturated rings. The Morgan fingerprint density at radius 2 is 1.02 bits per heavy atom. The van der Waals surface area contributed by atoms with E-state index in [0.29, 0.717) is 85.2 Å². The van der Waals surface area contributed by atoms with Gasteiger partial charge in [-0.1, -0.05) is 108 Å². The normalized spacial score (nSPS) is 23.8. The van der Waals surface area contributed by atoms with Crippen LogP contribution in [0.2, 0.25) is 0 Å². The highest BCUT2D eigenvalue weighted by Crippen LogP contribution is 2.68. The van der Waals surface area contributed by atoms with Crippen LogP contribution < -0.4 is 5.46 Å². The molecule has 4 aliphatic rings. The molecule has 1 N–H and O–H groups in total. The van der Waals surface area contributed by atoms with Gasteiger partial charge in [-0.15, -0.1) is 0 Å². The van der Waals surface area contributed by atoms with Gasteiger partial charge in [-0.2, -0.15) is 17.2 Å². The quantitative estimate of drug-likeness (QED) is 0.0596. The zero-order chi connectivity index (χ0) is 48.8. The summed E-state index contributed by atoms with van der Waals surface area (Å²) in [6.45, 7) is 0.653. The molecule has 4 aliphatic carbocycles. The van der Waals surface area contributed by atoms with Crippen molar-refractivity contribution in [3.63, 3.8) is 0 Å². The molecule has 0 amide bonds. The summed E-state index contributed by atoms with van der Waals surface area (Å²) in [6.07, 6.45) is 0.640. The smallest absolute Gasteiger partial charge is 0.405 e. The van der Waals surface area contributed by atoms with Crippen LogP contribution in [0.4, 0.5) is 8.78 Å². The predicted molar refractivity (Wildman–Crippen MR) is 272 cm³/mol. The molecule has 0 aliphatic heterocycles. The molecule has 0 aromatic heterocycles. The van der Waals surface area contributed by atoms with E-state index in [-0.39, 0.29) is 38.5 Å². The molecule has 0 saturated heterocycles. The van der Waals surface area contributed by atoms with E-state index in [4.69, 9.17) is 18.9 Å². The number of halogens is 2. The third kappa shape index (κ3) is 9.37. The van der Waals surface area contributed by atoms with Gasteiger partial charge in [0.1, 0.15) is 87.4 Å². The summed E-state index contributed by atoms with van der Waals surface area (Å²) in [5.41, 5.74) is 1.49. The SMILES string of the molecule is BCc1cc(CB)c(CB)c(C(=O)OC23CC4(OC(=O)c5cc(CB)cc(CB)c5CB)CC(OC(=O)c5c(CB)ccc(CB)c5B)(C2)CC(C(=O)OC(C)C(F)(F)S(=O)(=O)O)(C3)C4)c1. The largest absolute Gasteiger partial charge is 0.455 e. The Morgan fingerprint density at radius 1 is 0.621 bits per heavy atom. The fourth-order valence-corrected chi connectivity index (χ4v) is 12.3. The Kier molecular flexibility index (Phi) is 14.9. The number of hydrogen-bond acceptors (Lipinski definition) is 10. The predicted octanol–water partition coefficient (Wildman–Crippen LogP) is -3.12. The average Bonchev–Trinajstić information content (AvgIpc) is 3.26. The van der Waals surface area contributed by atoms with Gasteiger partial charge in [-0.25, -0.2) is 14.4 Å². The Bertz CT molecular complexity index is 2470. The van der Waals surface area contributed by atoms with Gasteiger partial charge in [0.05, 0.1) is 22.1 Å². The van der Waals surface area contributed by atoms with Crippen LogP contribution in [0.1, 0.15) is 121 Å². The van der Waals surface area contributed by atoms with Gasteiger partial charge in [0, 0.05) is 38.5 Å². The minimum Gasteiger partial charge on any atom is -0.455 e. The number of carbonyl (C=O) groups is 4. The van der Waals surface area contributed by atoms with Gasteiger partial charge < -0.3 is 18.9 Å². The molecule has 4 bridgehead atoms. The highest BCUT2D eigenvalue weighted by atomic mass is 32.2. The number of carbonyl (C=O) groups excluding carboxylic acids is 4. The van der Waals surface area contributed by atoms with Crippen LogP contribution in [-0.4, -0.2) is 136 Å². The van der Waals surface area contributed by atoms with Crippen LogP contribution in [-0.2, 0) is 84.4 Å². The molecular weight excluding hydrogens is 860 g/mol. The molecule has 3 aromatic carbocycles. The van der Waals surface area contributed by atoms with Crippen LogP contribution in [0.15, 0.2) is 36.4 Å². The van der Waals surface area contributed by atoms with Crippen LogP contribution in [0.5, 0.6) is 0 Å². The van der Waals surface area contributed by atoms with Crippen molar-refractivity contribution >= 4 is 110 Å². The first-order chi connectivity index (χ1) is 31.0. The molecule has 0 radical (unpaired) electrons. The summed E-state index contributed by atoms with van der Waals surface area (Å²) in [7, 11) is 11.4. The van der Waals surface area contributed by atoms with E-state index in [2.05, 4.69) is 12.1 Å². The summed E-state index contributed by atoms with van der Waals surface area (Å²) in [5.74, 6) is -3.45. The monoisotopic (exact) mass is 918 g/mol. The van der Waals surface area contributed by atoms with Gasteiger partial charge in [0.2, 0.25) is 0 Å². The first-order valence-corrected chi connectivity index (χ1v) is 25.1. The van der Waals surface area contributed by atoms with E-state index in [0.717, 1.165) is 38.9 Å². The highest BCUT2D eigenvalue weighted by Gasteiger charge is 2.76. The molecule has 3 atom stereocenters. The van der Waals surface area contributed by atoms with Crippen LogP contribution in [0.3, 0.4) is 0 Å². The maximum Gasteiger partial charge on any atom is 0.405 e. The summed E-state index contributed by atoms with van der Waals surface area (Å²) in [5, 5.41) is -4.91. The van der Waals surface area contributed by atoms with Gasteiger partial charge in [0.25, 0.3) is 0 Å². The average molecular weight is 917 g/mol. The Balaban J connectivity index is 1.58. The lowest BCUT2D eigenvalue weighted by molar-refractivity contribution is -0.279. The third-order valence-electron chi connectivity index (χ3n) is 14.5. The van der Waals surface area contributed by atoms with E-state index in [1.54, 1.807) is 12.1 Å². The van der Waals surface area contributed by atoms with E-state index in [1.807, 2.05) is 82.7 Å². The number of esters is 4.